The topological polar surface area (TPSA) is 65.1 Å². The molecule has 1 aromatic carbocycles. The van der Waals surface area contributed by atoms with Crippen LogP contribution in [-0.4, -0.2) is 28.6 Å². The van der Waals surface area contributed by atoms with Crippen molar-refractivity contribution in [3.63, 3.8) is 0 Å². The lowest BCUT2D eigenvalue weighted by Crippen LogP contribution is -2.30. The fourth-order valence-corrected chi connectivity index (χ4v) is 2.01. The Bertz CT molecular complexity index is 585. The predicted octanol–water partition coefficient (Wildman–Crippen LogP) is 1.90. The van der Waals surface area contributed by atoms with Crippen molar-refractivity contribution in [3.05, 3.63) is 35.0 Å². The Morgan fingerprint density at radius 3 is 2.83 bits per heavy atom. The third-order valence-electron chi connectivity index (χ3n) is 3.15. The second-order valence-corrected chi connectivity index (χ2v) is 4.66. The average molecular weight is 246 g/mol. The van der Waals surface area contributed by atoms with Gasteiger partial charge in [0, 0.05) is 17.6 Å². The molecule has 2 aromatic rings. The maximum atomic E-state index is 12.0. The molecule has 1 aromatic heterocycles. The molecule has 0 saturated carbocycles. The van der Waals surface area contributed by atoms with E-state index in [1.54, 1.807) is 13.0 Å². The standard InChI is InChI=1S/C14H18N2O2/c1-8(17)7-15-14(18)12-6-4-5-11-9(2)10(3)16-13(11)12/h4-6,8,16-17H,7H2,1-3H3,(H,15,18)/t8-/m1/s1. The summed E-state index contributed by atoms with van der Waals surface area (Å²) in [6.07, 6.45) is -0.541. The molecule has 1 atom stereocenters. The summed E-state index contributed by atoms with van der Waals surface area (Å²) in [6.45, 7) is 5.93. The van der Waals surface area contributed by atoms with Crippen molar-refractivity contribution in [1.29, 1.82) is 0 Å². The number of fused-ring (bicyclic) bond motifs is 1. The Morgan fingerprint density at radius 2 is 2.17 bits per heavy atom. The summed E-state index contributed by atoms with van der Waals surface area (Å²) >= 11 is 0. The van der Waals surface area contributed by atoms with E-state index in [2.05, 4.69) is 10.3 Å². The van der Waals surface area contributed by atoms with E-state index < -0.39 is 6.10 Å². The SMILES string of the molecule is Cc1[nH]c2c(C(=O)NC[C@@H](C)O)cccc2c1C. The maximum Gasteiger partial charge on any atom is 0.253 e. The van der Waals surface area contributed by atoms with Gasteiger partial charge in [-0.1, -0.05) is 12.1 Å². The zero-order valence-corrected chi connectivity index (χ0v) is 10.9. The molecule has 1 heterocycles. The first kappa shape index (κ1) is 12.6. The second-order valence-electron chi connectivity index (χ2n) is 4.66. The van der Waals surface area contributed by atoms with E-state index >= 15 is 0 Å². The lowest BCUT2D eigenvalue weighted by Gasteiger charge is -2.07. The fourth-order valence-electron chi connectivity index (χ4n) is 2.01. The van der Waals surface area contributed by atoms with Gasteiger partial charge in [-0.15, -0.1) is 0 Å². The molecule has 1 amide bonds. The predicted molar refractivity (Wildman–Crippen MR) is 71.8 cm³/mol. The number of carbonyl (C=O) groups is 1. The second kappa shape index (κ2) is 4.82. The quantitative estimate of drug-likeness (QED) is 0.774. The van der Waals surface area contributed by atoms with Crippen LogP contribution in [0.3, 0.4) is 0 Å². The number of carbonyl (C=O) groups excluding carboxylic acids is 1. The number of aryl methyl sites for hydroxylation is 2. The first-order valence-corrected chi connectivity index (χ1v) is 6.05. The molecule has 0 aliphatic heterocycles. The molecule has 0 bridgehead atoms. The summed E-state index contributed by atoms with van der Waals surface area (Å²) in [5.41, 5.74) is 3.70. The van der Waals surface area contributed by atoms with E-state index in [-0.39, 0.29) is 12.5 Å². The van der Waals surface area contributed by atoms with Crippen LogP contribution in [-0.2, 0) is 0 Å². The molecule has 4 heteroatoms. The minimum absolute atomic E-state index is 0.164. The van der Waals surface area contributed by atoms with Crippen LogP contribution in [0.4, 0.5) is 0 Å². The summed E-state index contributed by atoms with van der Waals surface area (Å²) in [5, 5.41) is 13.0. The van der Waals surface area contributed by atoms with Crippen molar-refractivity contribution in [2.24, 2.45) is 0 Å². The van der Waals surface area contributed by atoms with Gasteiger partial charge in [-0.05, 0) is 32.4 Å². The summed E-state index contributed by atoms with van der Waals surface area (Å²) in [7, 11) is 0. The minimum Gasteiger partial charge on any atom is -0.392 e. The largest absolute Gasteiger partial charge is 0.392 e. The average Bonchev–Trinajstić information content (AvgIpc) is 2.62. The van der Waals surface area contributed by atoms with Crippen LogP contribution in [0.1, 0.15) is 28.5 Å². The maximum absolute atomic E-state index is 12.0. The summed E-state index contributed by atoms with van der Waals surface area (Å²) in [4.78, 5) is 15.3. The Morgan fingerprint density at radius 1 is 1.44 bits per heavy atom. The highest BCUT2D eigenvalue weighted by molar-refractivity contribution is 6.06. The van der Waals surface area contributed by atoms with Gasteiger partial charge in [0.1, 0.15) is 0 Å². The van der Waals surface area contributed by atoms with E-state index in [0.717, 1.165) is 22.2 Å². The molecular weight excluding hydrogens is 228 g/mol. The molecule has 3 N–H and O–H groups in total. The van der Waals surface area contributed by atoms with Crippen LogP contribution in [0.5, 0.6) is 0 Å². The third-order valence-corrected chi connectivity index (χ3v) is 3.15. The molecular formula is C14H18N2O2. The summed E-state index contributed by atoms with van der Waals surface area (Å²) in [5.74, 6) is -0.164. The first-order chi connectivity index (χ1) is 8.50. The molecule has 18 heavy (non-hydrogen) atoms. The zero-order valence-electron chi connectivity index (χ0n) is 10.9. The lowest BCUT2D eigenvalue weighted by molar-refractivity contribution is 0.0925. The first-order valence-electron chi connectivity index (χ1n) is 6.05. The van der Waals surface area contributed by atoms with Crippen molar-refractivity contribution >= 4 is 16.8 Å². The number of aliphatic hydroxyl groups excluding tert-OH is 1. The number of hydrogen-bond donors (Lipinski definition) is 3. The number of rotatable bonds is 3. The number of H-pyrrole nitrogens is 1. The van der Waals surface area contributed by atoms with Gasteiger partial charge in [0.25, 0.3) is 5.91 Å². The van der Waals surface area contributed by atoms with Crippen LogP contribution in [0, 0.1) is 13.8 Å². The molecule has 0 aliphatic rings. The van der Waals surface area contributed by atoms with Gasteiger partial charge in [0.05, 0.1) is 17.2 Å². The zero-order chi connectivity index (χ0) is 13.3. The Hall–Kier alpha value is -1.81. The molecule has 0 spiro atoms. The van der Waals surface area contributed by atoms with Crippen LogP contribution < -0.4 is 5.32 Å². The lowest BCUT2D eigenvalue weighted by atomic mass is 10.1. The van der Waals surface area contributed by atoms with Gasteiger partial charge < -0.3 is 15.4 Å². The summed E-state index contributed by atoms with van der Waals surface area (Å²) in [6, 6.07) is 5.66. The normalized spacial score (nSPS) is 12.7. The van der Waals surface area contributed by atoms with Crippen LogP contribution >= 0.6 is 0 Å². The molecule has 0 saturated heterocycles. The Kier molecular flexibility index (Phi) is 3.39. The van der Waals surface area contributed by atoms with Gasteiger partial charge in [-0.2, -0.15) is 0 Å². The molecule has 0 radical (unpaired) electrons. The summed E-state index contributed by atoms with van der Waals surface area (Å²) < 4.78 is 0. The van der Waals surface area contributed by atoms with Crippen LogP contribution in [0.2, 0.25) is 0 Å². The van der Waals surface area contributed by atoms with Gasteiger partial charge in [0.15, 0.2) is 0 Å². The molecule has 96 valence electrons. The van der Waals surface area contributed by atoms with Gasteiger partial charge >= 0.3 is 0 Å². The highest BCUT2D eigenvalue weighted by Crippen LogP contribution is 2.24. The van der Waals surface area contributed by atoms with Crippen molar-refractivity contribution in [3.8, 4) is 0 Å². The number of aromatic amines is 1. The molecule has 2 rings (SSSR count). The van der Waals surface area contributed by atoms with Crippen LogP contribution in [0.15, 0.2) is 18.2 Å². The number of amides is 1. The number of benzene rings is 1. The molecule has 0 aliphatic carbocycles. The van der Waals surface area contributed by atoms with Crippen molar-refractivity contribution < 1.29 is 9.90 Å². The fraction of sp³-hybridized carbons (Fsp3) is 0.357. The van der Waals surface area contributed by atoms with Crippen molar-refractivity contribution in [2.45, 2.75) is 26.9 Å². The van der Waals surface area contributed by atoms with Crippen molar-refractivity contribution in [2.75, 3.05) is 6.54 Å². The molecule has 0 unspecified atom stereocenters. The molecule has 0 fully saturated rings. The number of aliphatic hydroxyl groups is 1. The number of aromatic nitrogens is 1. The Balaban J connectivity index is 2.39. The van der Waals surface area contributed by atoms with Crippen molar-refractivity contribution in [1.82, 2.24) is 10.3 Å². The Labute approximate surface area is 106 Å². The van der Waals surface area contributed by atoms with E-state index in [4.69, 9.17) is 0 Å². The van der Waals surface area contributed by atoms with E-state index in [1.807, 2.05) is 26.0 Å². The number of hydrogen-bond acceptors (Lipinski definition) is 2. The highest BCUT2D eigenvalue weighted by Gasteiger charge is 2.13. The highest BCUT2D eigenvalue weighted by atomic mass is 16.3. The van der Waals surface area contributed by atoms with E-state index in [9.17, 15) is 9.90 Å². The number of para-hydroxylation sites is 1. The van der Waals surface area contributed by atoms with Gasteiger partial charge in [0.2, 0.25) is 0 Å². The van der Waals surface area contributed by atoms with E-state index in [0.29, 0.717) is 5.56 Å². The smallest absolute Gasteiger partial charge is 0.253 e. The molecule has 4 nitrogen and oxygen atoms in total. The minimum atomic E-state index is -0.541. The van der Waals surface area contributed by atoms with Crippen LogP contribution in [0.25, 0.3) is 10.9 Å². The third kappa shape index (κ3) is 2.24. The van der Waals surface area contributed by atoms with Gasteiger partial charge in [-0.25, -0.2) is 0 Å². The van der Waals surface area contributed by atoms with Gasteiger partial charge in [-0.3, -0.25) is 4.79 Å². The van der Waals surface area contributed by atoms with E-state index in [1.165, 1.54) is 0 Å². The number of nitrogens with one attached hydrogen (secondary N) is 2. The monoisotopic (exact) mass is 246 g/mol.